The van der Waals surface area contributed by atoms with E-state index < -0.39 is 11.5 Å². The largest absolute Gasteiger partial charge is 0.331 e. The van der Waals surface area contributed by atoms with Gasteiger partial charge in [-0.1, -0.05) is 11.6 Å². The van der Waals surface area contributed by atoms with Crippen LogP contribution in [0.1, 0.15) is 12.0 Å². The van der Waals surface area contributed by atoms with Crippen molar-refractivity contribution in [2.75, 3.05) is 6.54 Å². The molecule has 0 spiro atoms. The number of aromatic nitrogens is 2. The van der Waals surface area contributed by atoms with Gasteiger partial charge in [-0.15, -0.1) is 0 Å². The Labute approximate surface area is 125 Å². The first-order valence-electron chi connectivity index (χ1n) is 6.47. The Morgan fingerprint density at radius 1 is 1.24 bits per heavy atom. The van der Waals surface area contributed by atoms with E-state index in [-0.39, 0.29) is 18.6 Å². The lowest BCUT2D eigenvalue weighted by Crippen LogP contribution is -2.39. The van der Waals surface area contributed by atoms with Gasteiger partial charge in [0.1, 0.15) is 5.82 Å². The summed E-state index contributed by atoms with van der Waals surface area (Å²) in [6, 6.07) is 5.24. The van der Waals surface area contributed by atoms with E-state index in [2.05, 4.69) is 0 Å². The maximum atomic E-state index is 13.2. The Morgan fingerprint density at radius 2 is 2.00 bits per heavy atom. The maximum Gasteiger partial charge on any atom is 0.331 e. The van der Waals surface area contributed by atoms with Crippen LogP contribution >= 0.6 is 11.6 Å². The van der Waals surface area contributed by atoms with Crippen LogP contribution in [0.3, 0.4) is 0 Å². The molecule has 21 heavy (non-hydrogen) atoms. The third-order valence-electron chi connectivity index (χ3n) is 3.07. The number of halogens is 2. The van der Waals surface area contributed by atoms with Gasteiger partial charge in [0.25, 0.3) is 5.56 Å². The molecule has 1 aromatic carbocycles. The highest BCUT2D eigenvalue weighted by atomic mass is 35.5. The van der Waals surface area contributed by atoms with Crippen LogP contribution < -0.4 is 17.0 Å². The molecule has 2 rings (SSSR count). The summed E-state index contributed by atoms with van der Waals surface area (Å²) in [5.41, 5.74) is 5.02. The highest BCUT2D eigenvalue weighted by Crippen LogP contribution is 2.17. The molecular formula is C14H15ClFN3O2. The molecule has 0 unspecified atom stereocenters. The predicted molar refractivity (Wildman–Crippen MR) is 79.1 cm³/mol. The van der Waals surface area contributed by atoms with E-state index in [1.165, 1.54) is 35.0 Å². The van der Waals surface area contributed by atoms with Gasteiger partial charge in [-0.2, -0.15) is 0 Å². The third kappa shape index (κ3) is 3.59. The molecule has 112 valence electrons. The molecule has 0 radical (unpaired) electrons. The van der Waals surface area contributed by atoms with Gasteiger partial charge in [0.15, 0.2) is 0 Å². The fraction of sp³-hybridized carbons (Fsp3) is 0.286. The first-order chi connectivity index (χ1) is 10.0. The van der Waals surface area contributed by atoms with Crippen LogP contribution in [-0.2, 0) is 13.1 Å². The molecule has 2 aromatic rings. The lowest BCUT2D eigenvalue weighted by Gasteiger charge is -2.10. The summed E-state index contributed by atoms with van der Waals surface area (Å²) in [4.78, 5) is 23.9. The number of hydrogen-bond donors (Lipinski definition) is 1. The van der Waals surface area contributed by atoms with E-state index in [0.29, 0.717) is 23.6 Å². The summed E-state index contributed by atoms with van der Waals surface area (Å²) in [6.07, 6.45) is 1.91. The Balaban J connectivity index is 2.39. The van der Waals surface area contributed by atoms with Crippen molar-refractivity contribution in [2.45, 2.75) is 19.5 Å². The molecule has 2 N–H and O–H groups in total. The smallest absolute Gasteiger partial charge is 0.330 e. The summed E-state index contributed by atoms with van der Waals surface area (Å²) in [6.45, 7) is 0.737. The molecule has 0 aliphatic carbocycles. The number of hydrogen-bond acceptors (Lipinski definition) is 3. The van der Waals surface area contributed by atoms with Gasteiger partial charge in [0.2, 0.25) is 0 Å². The SMILES string of the molecule is NCCCn1c(=O)ccn(Cc2cc(F)ccc2Cl)c1=O. The van der Waals surface area contributed by atoms with Crippen LogP contribution in [0.2, 0.25) is 5.02 Å². The zero-order chi connectivity index (χ0) is 15.4. The number of nitrogens with zero attached hydrogens (tertiary/aromatic N) is 2. The average Bonchev–Trinajstić information content (AvgIpc) is 2.46. The predicted octanol–water partition coefficient (Wildman–Crippen LogP) is 1.20. The normalized spacial score (nSPS) is 10.8. The molecule has 0 fully saturated rings. The summed E-state index contributed by atoms with van der Waals surface area (Å²) in [5, 5.41) is 0.364. The zero-order valence-electron chi connectivity index (χ0n) is 11.3. The maximum absolute atomic E-state index is 13.2. The Bertz CT molecular complexity index is 755. The van der Waals surface area contributed by atoms with Gasteiger partial charge in [-0.05, 0) is 36.7 Å². The highest BCUT2D eigenvalue weighted by molar-refractivity contribution is 6.31. The summed E-state index contributed by atoms with van der Waals surface area (Å²) in [7, 11) is 0. The van der Waals surface area contributed by atoms with E-state index in [9.17, 15) is 14.0 Å². The van der Waals surface area contributed by atoms with E-state index in [1.807, 2.05) is 0 Å². The lowest BCUT2D eigenvalue weighted by molar-refractivity contribution is 0.553. The van der Waals surface area contributed by atoms with Crippen LogP contribution in [0.15, 0.2) is 40.1 Å². The van der Waals surface area contributed by atoms with Crippen molar-refractivity contribution < 1.29 is 4.39 Å². The van der Waals surface area contributed by atoms with Crippen molar-refractivity contribution in [3.05, 3.63) is 67.7 Å². The van der Waals surface area contributed by atoms with Crippen LogP contribution in [0.4, 0.5) is 4.39 Å². The average molecular weight is 312 g/mol. The van der Waals surface area contributed by atoms with Gasteiger partial charge in [0.05, 0.1) is 6.54 Å². The van der Waals surface area contributed by atoms with Gasteiger partial charge in [-0.3, -0.25) is 13.9 Å². The van der Waals surface area contributed by atoms with Crippen molar-refractivity contribution in [3.63, 3.8) is 0 Å². The molecule has 0 amide bonds. The van der Waals surface area contributed by atoms with Crippen molar-refractivity contribution >= 4 is 11.6 Å². The van der Waals surface area contributed by atoms with Crippen LogP contribution in [0, 0.1) is 5.82 Å². The standard InChI is InChI=1S/C14H15ClFN3O2/c15-12-3-2-11(16)8-10(12)9-18-7-4-13(20)19(14(18)21)6-1-5-17/h2-4,7-8H,1,5-6,9,17H2. The Kier molecular flexibility index (Phi) is 4.93. The van der Waals surface area contributed by atoms with E-state index in [4.69, 9.17) is 17.3 Å². The molecule has 0 aliphatic heterocycles. The minimum atomic E-state index is -0.462. The van der Waals surface area contributed by atoms with E-state index >= 15 is 0 Å². The second-order valence-electron chi connectivity index (χ2n) is 4.59. The fourth-order valence-corrected chi connectivity index (χ4v) is 2.16. The van der Waals surface area contributed by atoms with Crippen LogP contribution in [0.5, 0.6) is 0 Å². The fourth-order valence-electron chi connectivity index (χ4n) is 1.98. The monoisotopic (exact) mass is 311 g/mol. The molecule has 0 saturated carbocycles. The number of benzene rings is 1. The zero-order valence-corrected chi connectivity index (χ0v) is 12.0. The summed E-state index contributed by atoms with van der Waals surface area (Å²) >= 11 is 5.99. The van der Waals surface area contributed by atoms with Crippen molar-refractivity contribution in [2.24, 2.45) is 5.73 Å². The van der Waals surface area contributed by atoms with E-state index in [1.54, 1.807) is 0 Å². The first-order valence-corrected chi connectivity index (χ1v) is 6.85. The Morgan fingerprint density at radius 3 is 2.71 bits per heavy atom. The first kappa shape index (κ1) is 15.5. The molecule has 1 aromatic heterocycles. The molecule has 0 aliphatic rings. The highest BCUT2D eigenvalue weighted by Gasteiger charge is 2.08. The number of rotatable bonds is 5. The molecular weight excluding hydrogens is 297 g/mol. The van der Waals surface area contributed by atoms with Crippen LogP contribution in [0.25, 0.3) is 0 Å². The molecule has 1 heterocycles. The molecule has 7 heteroatoms. The van der Waals surface area contributed by atoms with Crippen molar-refractivity contribution in [1.82, 2.24) is 9.13 Å². The van der Waals surface area contributed by atoms with Crippen molar-refractivity contribution in [3.8, 4) is 0 Å². The Hall–Kier alpha value is -1.92. The van der Waals surface area contributed by atoms with E-state index in [0.717, 1.165) is 4.57 Å². The summed E-state index contributed by atoms with van der Waals surface area (Å²) < 4.78 is 15.7. The molecule has 0 bridgehead atoms. The number of nitrogens with two attached hydrogens (primary N) is 1. The van der Waals surface area contributed by atoms with Gasteiger partial charge >= 0.3 is 5.69 Å². The topological polar surface area (TPSA) is 70.0 Å². The van der Waals surface area contributed by atoms with Gasteiger partial charge in [0, 0.05) is 23.8 Å². The third-order valence-corrected chi connectivity index (χ3v) is 3.44. The minimum absolute atomic E-state index is 0.0956. The second-order valence-corrected chi connectivity index (χ2v) is 5.00. The molecule has 0 saturated heterocycles. The lowest BCUT2D eigenvalue weighted by atomic mass is 10.2. The van der Waals surface area contributed by atoms with Crippen molar-refractivity contribution in [1.29, 1.82) is 0 Å². The van der Waals surface area contributed by atoms with Crippen LogP contribution in [-0.4, -0.2) is 15.7 Å². The minimum Gasteiger partial charge on any atom is -0.330 e. The summed E-state index contributed by atoms with van der Waals surface area (Å²) in [5.74, 6) is -0.432. The van der Waals surface area contributed by atoms with Gasteiger partial charge in [-0.25, -0.2) is 9.18 Å². The molecule has 0 atom stereocenters. The second kappa shape index (κ2) is 6.69. The van der Waals surface area contributed by atoms with Gasteiger partial charge < -0.3 is 5.73 Å². The molecule has 5 nitrogen and oxygen atoms in total. The quantitative estimate of drug-likeness (QED) is 0.902.